The Bertz CT molecular complexity index is 3160. The van der Waals surface area contributed by atoms with E-state index in [-0.39, 0.29) is 60.0 Å². The molecule has 2 aliphatic heterocycles. The number of alkyl halides is 4. The summed E-state index contributed by atoms with van der Waals surface area (Å²) in [7, 11) is 3.35. The van der Waals surface area contributed by atoms with Crippen LogP contribution in [0.5, 0.6) is 23.0 Å². The lowest BCUT2D eigenvalue weighted by Gasteiger charge is -2.36. The lowest BCUT2D eigenvalue weighted by molar-refractivity contribution is -0.0527. The first kappa shape index (κ1) is 61.8. The number of aliphatic hydroxyl groups excluding tert-OH is 2. The van der Waals surface area contributed by atoms with Crippen molar-refractivity contribution in [2.75, 3.05) is 27.3 Å². The number of benzene rings is 6. The van der Waals surface area contributed by atoms with Crippen LogP contribution in [0.4, 0.5) is 35.1 Å². The van der Waals surface area contributed by atoms with E-state index in [0.29, 0.717) is 11.1 Å². The van der Waals surface area contributed by atoms with Gasteiger partial charge in [0.2, 0.25) is 11.8 Å². The molecule has 10 rings (SSSR count). The molecule has 6 aromatic rings. The normalized spacial score (nSPS) is 23.5. The molecule has 0 unspecified atom stereocenters. The summed E-state index contributed by atoms with van der Waals surface area (Å²) >= 11 is 12.7. The molecule has 2 aliphatic carbocycles. The largest absolute Gasteiger partial charge is 0.478 e. The van der Waals surface area contributed by atoms with Crippen LogP contribution in [0.25, 0.3) is 22.3 Å². The first-order valence-electron chi connectivity index (χ1n) is 26.7. The van der Waals surface area contributed by atoms with Crippen molar-refractivity contribution < 1.29 is 83.3 Å². The number of carbonyl (C=O) groups is 2. The minimum Gasteiger partial charge on any atom is -0.478 e. The number of rotatable bonds is 18. The van der Waals surface area contributed by atoms with Crippen molar-refractivity contribution in [1.82, 2.24) is 10.6 Å². The van der Waals surface area contributed by atoms with Crippen molar-refractivity contribution in [3.8, 4) is 45.3 Å². The second-order valence-electron chi connectivity index (χ2n) is 20.7. The SMILES string of the molecule is COC1CCC(NC[C@]2(c3ccccc3)Oc3cc(F)c(Cl)c(-c4c(C(N)=O)ccc(OC(F)F)c4F)c3[C@@H]2O)CC1.COC1CCC(NC[C@]2(c3ccccc3)Oc3cc(F)c(Cl)c(-c4c(C(N)=O)ccc(OC(F)F)c4F)c3[C@@H]2O)CC1. The van der Waals surface area contributed by atoms with Gasteiger partial charge in [-0.05, 0) is 86.8 Å². The van der Waals surface area contributed by atoms with Gasteiger partial charge in [0, 0.05) is 84.9 Å². The number of carbonyl (C=O) groups excluding carboxylic acids is 2. The quantitative estimate of drug-likeness (QED) is 0.0445. The van der Waals surface area contributed by atoms with E-state index in [4.69, 9.17) is 53.6 Å². The summed E-state index contributed by atoms with van der Waals surface area (Å²) in [6.07, 6.45) is 3.76. The molecular weight excluding hydrogens is 1160 g/mol. The lowest BCUT2D eigenvalue weighted by Crippen LogP contribution is -2.48. The standard InChI is InChI=1S/2C30H29ClF4N2O5/c2*1-40-17-9-7-16(8-10-17)37-14-30(15-5-3-2-4-6-15)27(38)23-21(42-30)13-19(32)25(31)24(23)22-18(28(36)39)11-12-20(26(22)33)41-29(34)35/h2*2-6,11-13,16-17,27,29,37-38H,7-10,14H2,1H3,(H2,36,39)/t2*16?,17?,27-,30+/m00/s1. The fourth-order valence-corrected chi connectivity index (χ4v) is 12.2. The highest BCUT2D eigenvalue weighted by atomic mass is 35.5. The van der Waals surface area contributed by atoms with E-state index in [0.717, 1.165) is 87.8 Å². The van der Waals surface area contributed by atoms with E-state index < -0.39 is 127 Å². The zero-order valence-corrected chi connectivity index (χ0v) is 46.5. The Balaban J connectivity index is 0.000000202. The summed E-state index contributed by atoms with van der Waals surface area (Å²) < 4.78 is 147. The van der Waals surface area contributed by atoms with Crippen LogP contribution in [0, 0.1) is 23.3 Å². The van der Waals surface area contributed by atoms with E-state index in [1.54, 1.807) is 74.9 Å². The van der Waals surface area contributed by atoms with Crippen molar-refractivity contribution in [3.63, 3.8) is 0 Å². The van der Waals surface area contributed by atoms with Crippen molar-refractivity contribution in [2.24, 2.45) is 11.5 Å². The van der Waals surface area contributed by atoms with Gasteiger partial charge in [-0.1, -0.05) is 83.9 Å². The van der Waals surface area contributed by atoms with Gasteiger partial charge in [-0.25, -0.2) is 17.6 Å². The Labute approximate surface area is 487 Å². The highest BCUT2D eigenvalue weighted by Crippen LogP contribution is 2.58. The summed E-state index contributed by atoms with van der Waals surface area (Å²) in [5.41, 5.74) is 5.43. The zero-order valence-electron chi connectivity index (χ0n) is 45.0. The van der Waals surface area contributed by atoms with Crippen LogP contribution in [-0.2, 0) is 20.7 Å². The Morgan fingerprint density at radius 1 is 0.571 bits per heavy atom. The molecule has 0 radical (unpaired) electrons. The van der Waals surface area contributed by atoms with Gasteiger partial charge in [0.1, 0.15) is 35.3 Å². The Morgan fingerprint density at radius 2 is 0.917 bits per heavy atom. The molecule has 0 aromatic heterocycles. The monoisotopic (exact) mass is 1220 g/mol. The van der Waals surface area contributed by atoms with Crippen molar-refractivity contribution in [1.29, 1.82) is 0 Å². The number of halogens is 10. The molecule has 2 amide bonds. The summed E-state index contributed by atoms with van der Waals surface area (Å²) in [6, 6.07) is 23.0. The number of fused-ring (bicyclic) bond motifs is 2. The molecule has 4 aliphatic rings. The van der Waals surface area contributed by atoms with Crippen LogP contribution in [-0.4, -0.2) is 86.9 Å². The van der Waals surface area contributed by atoms with Gasteiger partial charge in [0.25, 0.3) is 0 Å². The fraction of sp³-hybridized carbons (Fsp3) is 0.367. The third-order valence-corrected chi connectivity index (χ3v) is 16.7. The van der Waals surface area contributed by atoms with Gasteiger partial charge >= 0.3 is 13.2 Å². The second kappa shape index (κ2) is 25.8. The van der Waals surface area contributed by atoms with Crippen LogP contribution in [0.3, 0.4) is 0 Å². The minimum absolute atomic E-state index is 0.0630. The molecule has 8 N–H and O–H groups in total. The number of hydrogen-bond donors (Lipinski definition) is 6. The molecule has 14 nitrogen and oxygen atoms in total. The van der Waals surface area contributed by atoms with Crippen LogP contribution >= 0.6 is 23.2 Å². The molecule has 448 valence electrons. The third-order valence-electron chi connectivity index (χ3n) is 16.0. The summed E-state index contributed by atoms with van der Waals surface area (Å²) in [5, 5.41) is 29.6. The van der Waals surface area contributed by atoms with Gasteiger partial charge in [0.15, 0.2) is 34.3 Å². The van der Waals surface area contributed by atoms with Gasteiger partial charge in [-0.3, -0.25) is 9.59 Å². The van der Waals surface area contributed by atoms with Crippen LogP contribution < -0.4 is 41.0 Å². The lowest BCUT2D eigenvalue weighted by atomic mass is 9.82. The van der Waals surface area contributed by atoms with E-state index in [9.17, 15) is 37.4 Å². The number of methoxy groups -OCH3 is 2. The number of primary amides is 2. The molecule has 0 bridgehead atoms. The molecule has 2 heterocycles. The fourth-order valence-electron chi connectivity index (χ4n) is 11.7. The highest BCUT2D eigenvalue weighted by Gasteiger charge is 2.54. The van der Waals surface area contributed by atoms with Gasteiger partial charge < -0.3 is 60.7 Å². The minimum atomic E-state index is -3.40. The van der Waals surface area contributed by atoms with E-state index in [1.807, 2.05) is 0 Å². The molecule has 6 aromatic carbocycles. The Morgan fingerprint density at radius 3 is 1.23 bits per heavy atom. The molecule has 2 saturated carbocycles. The highest BCUT2D eigenvalue weighted by molar-refractivity contribution is 6.34. The number of hydrogen-bond acceptors (Lipinski definition) is 12. The topological polar surface area (TPSA) is 206 Å². The number of aliphatic hydroxyl groups is 2. The van der Waals surface area contributed by atoms with Crippen molar-refractivity contribution in [2.45, 2.75) is 112 Å². The molecule has 0 spiro atoms. The number of amides is 2. The van der Waals surface area contributed by atoms with E-state index in [1.165, 1.54) is 0 Å². The Kier molecular flexibility index (Phi) is 19.0. The summed E-state index contributed by atoms with van der Waals surface area (Å²) in [4.78, 5) is 24.7. The first-order valence-corrected chi connectivity index (χ1v) is 27.5. The number of ether oxygens (including phenoxy) is 6. The Hall–Kier alpha value is -6.76. The first-order chi connectivity index (χ1) is 40.1. The smallest absolute Gasteiger partial charge is 0.387 e. The zero-order chi connectivity index (χ0) is 60.4. The van der Waals surface area contributed by atoms with Crippen molar-refractivity contribution >= 4 is 35.0 Å². The van der Waals surface area contributed by atoms with Crippen LogP contribution in [0.2, 0.25) is 10.0 Å². The van der Waals surface area contributed by atoms with Crippen LogP contribution in [0.1, 0.15) is 107 Å². The third kappa shape index (κ3) is 12.1. The van der Waals surface area contributed by atoms with Crippen LogP contribution in [0.15, 0.2) is 97.1 Å². The predicted octanol–water partition coefficient (Wildman–Crippen LogP) is 11.7. The summed E-state index contributed by atoms with van der Waals surface area (Å²) in [5.74, 6) is -9.42. The van der Waals surface area contributed by atoms with Gasteiger partial charge in [0.05, 0.1) is 33.4 Å². The molecule has 84 heavy (non-hydrogen) atoms. The molecule has 24 heteroatoms. The number of nitrogens with one attached hydrogen (secondary N) is 2. The second-order valence-corrected chi connectivity index (χ2v) is 21.5. The van der Waals surface area contributed by atoms with E-state index in [2.05, 4.69) is 20.1 Å². The number of nitrogens with two attached hydrogens (primary N) is 2. The molecule has 2 fully saturated rings. The van der Waals surface area contributed by atoms with Crippen molar-refractivity contribution in [3.05, 3.63) is 164 Å². The average molecular weight is 1220 g/mol. The molecule has 4 atom stereocenters. The summed E-state index contributed by atoms with van der Waals surface area (Å²) in [6.45, 7) is -6.67. The maximum absolute atomic E-state index is 15.8. The predicted molar refractivity (Wildman–Crippen MR) is 293 cm³/mol. The molecule has 0 saturated heterocycles. The average Bonchev–Trinajstić information content (AvgIpc) is 1.93. The van der Waals surface area contributed by atoms with Gasteiger partial charge in [-0.2, -0.15) is 17.6 Å². The maximum atomic E-state index is 15.8. The van der Waals surface area contributed by atoms with E-state index >= 15 is 17.6 Å². The maximum Gasteiger partial charge on any atom is 0.387 e. The van der Waals surface area contributed by atoms with Gasteiger partial charge in [-0.15, -0.1) is 0 Å². The molecular formula is C60H58Cl2F8N4O10.